The predicted octanol–water partition coefficient (Wildman–Crippen LogP) is 7.03. The van der Waals surface area contributed by atoms with Gasteiger partial charge in [0.15, 0.2) is 8.32 Å². The van der Waals surface area contributed by atoms with Crippen LogP contribution in [0.25, 0.3) is 0 Å². The topological polar surface area (TPSA) is 66.4 Å². The largest absolute Gasteiger partial charge is 0.505 e. The van der Waals surface area contributed by atoms with Gasteiger partial charge in [0.25, 0.3) is 0 Å². The van der Waals surface area contributed by atoms with Gasteiger partial charge in [-0.25, -0.2) is 0 Å². The van der Waals surface area contributed by atoms with E-state index < -0.39 is 38.8 Å². The number of benzene rings is 2. The lowest BCUT2D eigenvalue weighted by Gasteiger charge is -2.47. The van der Waals surface area contributed by atoms with Crippen LogP contribution in [0.15, 0.2) is 73.0 Å². The average Bonchev–Trinajstić information content (AvgIpc) is 2.93. The zero-order chi connectivity index (χ0) is 29.1. The second kappa shape index (κ2) is 15.8. The van der Waals surface area contributed by atoms with Crippen molar-refractivity contribution in [1.82, 2.24) is 0 Å². The first-order valence-electron chi connectivity index (χ1n) is 14.7. The lowest BCUT2D eigenvalue weighted by Crippen LogP contribution is -2.61. The fraction of sp³-hybridized carbons (Fsp3) is 0.576. The summed E-state index contributed by atoms with van der Waals surface area (Å²) in [6.45, 7) is 14.8. The SMILES string of the molecule is CO/C=C/C[C@@H]1O[C@@H](CO[Si](C(C)C)(C(C)C)C(C)C)[C@@H](OCc2ccccc2)[C@H](OCc2ccccc2)[C@@H]1O. The molecule has 40 heavy (non-hydrogen) atoms. The molecule has 0 radical (unpaired) electrons. The van der Waals surface area contributed by atoms with Crippen LogP contribution >= 0.6 is 0 Å². The molecule has 1 aliphatic rings. The monoisotopic (exact) mass is 570 g/mol. The van der Waals surface area contributed by atoms with Gasteiger partial charge in [0.1, 0.15) is 24.4 Å². The molecule has 0 spiro atoms. The van der Waals surface area contributed by atoms with Gasteiger partial charge in [-0.05, 0) is 40.2 Å². The number of methoxy groups -OCH3 is 1. The lowest BCUT2D eigenvalue weighted by atomic mass is 9.93. The molecule has 1 N–H and O–H groups in total. The van der Waals surface area contributed by atoms with Gasteiger partial charge in [0, 0.05) is 0 Å². The first-order valence-corrected chi connectivity index (χ1v) is 16.8. The van der Waals surface area contributed by atoms with E-state index in [4.69, 9.17) is 23.4 Å². The van der Waals surface area contributed by atoms with Crippen LogP contribution in [0.5, 0.6) is 0 Å². The van der Waals surface area contributed by atoms with Crippen molar-refractivity contribution in [1.29, 1.82) is 0 Å². The van der Waals surface area contributed by atoms with Crippen LogP contribution in [0.1, 0.15) is 59.1 Å². The molecule has 3 rings (SSSR count). The standard InChI is InChI=1S/C33H50O6Si/c1-24(2)40(25(3)4,26(5)6)38-23-30-32(36-21-27-15-10-8-11-16-27)33(37-22-28-17-12-9-13-18-28)31(34)29(39-30)19-14-20-35-7/h8-18,20,24-26,29-34H,19,21-23H2,1-7H3/b20-14+/t29-,30-,31+,32+,33+/m0/s1. The number of aliphatic hydroxyl groups excluding tert-OH is 1. The highest BCUT2D eigenvalue weighted by Gasteiger charge is 2.50. The summed E-state index contributed by atoms with van der Waals surface area (Å²) in [7, 11) is -0.555. The molecule has 2 aromatic carbocycles. The Labute approximate surface area is 242 Å². The highest BCUT2D eigenvalue weighted by molar-refractivity contribution is 6.77. The molecule has 1 saturated heterocycles. The third-order valence-electron chi connectivity index (χ3n) is 8.13. The molecule has 6 nitrogen and oxygen atoms in total. The zero-order valence-electron chi connectivity index (χ0n) is 25.4. The van der Waals surface area contributed by atoms with Crippen LogP contribution in [0.4, 0.5) is 0 Å². The maximum Gasteiger partial charge on any atom is 0.200 e. The van der Waals surface area contributed by atoms with Gasteiger partial charge in [0.05, 0.1) is 39.3 Å². The van der Waals surface area contributed by atoms with Gasteiger partial charge in [-0.2, -0.15) is 0 Å². The molecule has 0 aliphatic carbocycles. The van der Waals surface area contributed by atoms with E-state index in [2.05, 4.69) is 41.5 Å². The predicted molar refractivity (Wildman–Crippen MR) is 162 cm³/mol. The van der Waals surface area contributed by atoms with Crippen LogP contribution in [0.3, 0.4) is 0 Å². The molecule has 0 aromatic heterocycles. The minimum atomic E-state index is -2.16. The van der Waals surface area contributed by atoms with Crippen molar-refractivity contribution in [3.05, 3.63) is 84.1 Å². The van der Waals surface area contributed by atoms with Crippen LogP contribution in [0, 0.1) is 0 Å². The summed E-state index contributed by atoms with van der Waals surface area (Å²) in [6, 6.07) is 20.1. The highest BCUT2D eigenvalue weighted by Crippen LogP contribution is 2.43. The van der Waals surface area contributed by atoms with Crippen LogP contribution in [-0.4, -0.2) is 57.7 Å². The van der Waals surface area contributed by atoms with Crippen molar-refractivity contribution in [3.63, 3.8) is 0 Å². The van der Waals surface area contributed by atoms with E-state index in [1.807, 2.05) is 66.7 Å². The summed E-state index contributed by atoms with van der Waals surface area (Å²) in [5, 5.41) is 11.5. The van der Waals surface area contributed by atoms with Crippen molar-refractivity contribution >= 4 is 8.32 Å². The van der Waals surface area contributed by atoms with E-state index in [1.165, 1.54) is 0 Å². The van der Waals surface area contributed by atoms with Crippen molar-refractivity contribution in [3.8, 4) is 0 Å². The van der Waals surface area contributed by atoms with E-state index in [-0.39, 0.29) is 0 Å². The number of ether oxygens (including phenoxy) is 4. The lowest BCUT2D eigenvalue weighted by molar-refractivity contribution is -0.256. The maximum atomic E-state index is 11.5. The highest BCUT2D eigenvalue weighted by atomic mass is 28.4. The molecule has 222 valence electrons. The summed E-state index contributed by atoms with van der Waals surface area (Å²) >= 11 is 0. The first-order chi connectivity index (χ1) is 19.2. The van der Waals surface area contributed by atoms with Gasteiger partial charge in [-0.3, -0.25) is 0 Å². The molecule has 2 aromatic rings. The Morgan fingerprint density at radius 2 is 1.27 bits per heavy atom. The number of hydrogen-bond acceptors (Lipinski definition) is 6. The van der Waals surface area contributed by atoms with Gasteiger partial charge >= 0.3 is 0 Å². The molecule has 0 unspecified atom stereocenters. The smallest absolute Gasteiger partial charge is 0.200 e. The van der Waals surface area contributed by atoms with E-state index in [1.54, 1.807) is 13.4 Å². The molecule has 1 heterocycles. The van der Waals surface area contributed by atoms with Crippen molar-refractivity contribution in [2.45, 2.75) is 108 Å². The van der Waals surface area contributed by atoms with Crippen molar-refractivity contribution in [2.75, 3.05) is 13.7 Å². The number of hydrogen-bond donors (Lipinski definition) is 1. The van der Waals surface area contributed by atoms with Crippen LogP contribution in [0.2, 0.25) is 16.6 Å². The molecule has 5 atom stereocenters. The minimum absolute atomic E-state index is 0.366. The van der Waals surface area contributed by atoms with Gasteiger partial charge in [-0.15, -0.1) is 0 Å². The third kappa shape index (κ3) is 8.27. The Morgan fingerprint density at radius 3 is 1.75 bits per heavy atom. The molecule has 0 saturated carbocycles. The van der Waals surface area contributed by atoms with E-state index in [0.29, 0.717) is 42.9 Å². The van der Waals surface area contributed by atoms with Gasteiger partial charge < -0.3 is 28.5 Å². The van der Waals surface area contributed by atoms with Gasteiger partial charge in [0.2, 0.25) is 0 Å². The Kier molecular flexibility index (Phi) is 12.9. The third-order valence-corrected chi connectivity index (χ3v) is 14.2. The Bertz CT molecular complexity index is 975. The van der Waals surface area contributed by atoms with Crippen molar-refractivity contribution in [2.24, 2.45) is 0 Å². The van der Waals surface area contributed by atoms with E-state index >= 15 is 0 Å². The Balaban J connectivity index is 1.92. The molecule has 0 bridgehead atoms. The fourth-order valence-corrected chi connectivity index (χ4v) is 11.7. The van der Waals surface area contributed by atoms with Gasteiger partial charge in [-0.1, -0.05) is 102 Å². The quantitative estimate of drug-likeness (QED) is 0.183. The summed E-state index contributed by atoms with van der Waals surface area (Å²) in [5.74, 6) is 0. The second-order valence-corrected chi connectivity index (χ2v) is 17.2. The Morgan fingerprint density at radius 1 is 0.775 bits per heavy atom. The minimum Gasteiger partial charge on any atom is -0.505 e. The number of aliphatic hydroxyl groups is 1. The molecular formula is C33H50O6Si. The summed E-state index contributed by atoms with van der Waals surface area (Å²) in [4.78, 5) is 0. The number of rotatable bonds is 15. The van der Waals surface area contributed by atoms with E-state index in [0.717, 1.165) is 11.1 Å². The molecule has 0 amide bonds. The first kappa shape index (κ1) is 32.5. The summed E-state index contributed by atoms with van der Waals surface area (Å²) in [6.07, 6.45) is 1.10. The fourth-order valence-electron chi connectivity index (χ4n) is 6.27. The van der Waals surface area contributed by atoms with E-state index in [9.17, 15) is 5.11 Å². The Hall–Kier alpha value is -2.00. The van der Waals surface area contributed by atoms with Crippen LogP contribution < -0.4 is 0 Å². The molecule has 7 heteroatoms. The molecule has 1 aliphatic heterocycles. The van der Waals surface area contributed by atoms with Crippen molar-refractivity contribution < 1.29 is 28.5 Å². The molecule has 1 fully saturated rings. The molecular weight excluding hydrogens is 520 g/mol. The maximum absolute atomic E-state index is 11.5. The second-order valence-electron chi connectivity index (χ2n) is 11.7. The normalized spacial score (nSPS) is 23.9. The summed E-state index contributed by atoms with van der Waals surface area (Å²) < 4.78 is 31.7. The summed E-state index contributed by atoms with van der Waals surface area (Å²) in [5.41, 5.74) is 3.42. The van der Waals surface area contributed by atoms with Crippen LogP contribution in [-0.2, 0) is 36.6 Å². The average molecular weight is 571 g/mol. The zero-order valence-corrected chi connectivity index (χ0v) is 26.4.